The summed E-state index contributed by atoms with van der Waals surface area (Å²) >= 11 is 0. The van der Waals surface area contributed by atoms with Crippen LogP contribution < -0.4 is 0 Å². The predicted octanol–water partition coefficient (Wildman–Crippen LogP) is -1.99. The van der Waals surface area contributed by atoms with Gasteiger partial charge in [0.2, 0.25) is 0 Å². The number of ether oxygens (including phenoxy) is 4. The second kappa shape index (κ2) is 12.6. The Hall–Kier alpha value is -0.740. The molecule has 0 aromatic rings. The third kappa shape index (κ3) is 6.89. The quantitative estimate of drug-likeness (QED) is 0.159. The summed E-state index contributed by atoms with van der Waals surface area (Å²) in [4.78, 5) is 0. The van der Waals surface area contributed by atoms with Crippen LogP contribution in [0.4, 0.5) is 0 Å². The van der Waals surface area contributed by atoms with Gasteiger partial charge < -0.3 is 59.8 Å². The van der Waals surface area contributed by atoms with Crippen LogP contribution in [0.15, 0.2) is 12.2 Å². The molecule has 12 heteroatoms. The monoisotopic (exact) mass is 536 g/mol. The Labute approximate surface area is 217 Å². The first-order valence-electron chi connectivity index (χ1n) is 12.9. The molecule has 1 aliphatic carbocycles. The van der Waals surface area contributed by atoms with Crippen molar-refractivity contribution in [2.45, 2.75) is 114 Å². The van der Waals surface area contributed by atoms with Crippen molar-refractivity contribution in [3.8, 4) is 0 Å². The van der Waals surface area contributed by atoms with Crippen LogP contribution in [0.25, 0.3) is 0 Å². The molecule has 1 saturated carbocycles. The standard InChI is InChI=1S/C25H44O12/c1-11-7-13(35-24-22(33)20(31)18(29)16(10-27)37-24)8-25(3,4)14(11)6-5-12(2)34-23-21(32)19(30)17(28)15(9-26)36-23/h5-6,11-24,26-33H,7-10H2,1-4H3/b6-5+/t11-,12?,13+,14+,15-,16-,17-,18-,19+,20+,21-,22-,23-,24-/m1/s1. The lowest BCUT2D eigenvalue weighted by molar-refractivity contribution is -0.316. The maximum Gasteiger partial charge on any atom is 0.187 e. The zero-order valence-electron chi connectivity index (χ0n) is 21.8. The summed E-state index contributed by atoms with van der Waals surface area (Å²) in [5.41, 5.74) is -0.240. The highest BCUT2D eigenvalue weighted by atomic mass is 16.7. The number of hydrogen-bond donors (Lipinski definition) is 8. The van der Waals surface area contributed by atoms with Crippen molar-refractivity contribution in [1.29, 1.82) is 0 Å². The molecule has 0 spiro atoms. The molecular formula is C25H44O12. The van der Waals surface area contributed by atoms with Gasteiger partial charge in [-0.1, -0.05) is 32.9 Å². The Morgan fingerprint density at radius 1 is 0.838 bits per heavy atom. The van der Waals surface area contributed by atoms with E-state index >= 15 is 0 Å². The molecule has 8 N–H and O–H groups in total. The fourth-order valence-corrected chi connectivity index (χ4v) is 5.77. The number of aliphatic hydroxyl groups is 8. The van der Waals surface area contributed by atoms with Crippen LogP contribution in [0.5, 0.6) is 0 Å². The summed E-state index contributed by atoms with van der Waals surface area (Å²) in [6.07, 6.45) is -8.97. The number of hydrogen-bond acceptors (Lipinski definition) is 12. The number of aliphatic hydroxyl groups excluding tert-OH is 8. The molecular weight excluding hydrogens is 492 g/mol. The van der Waals surface area contributed by atoms with Gasteiger partial charge in [-0.25, -0.2) is 0 Å². The van der Waals surface area contributed by atoms with Gasteiger partial charge in [0, 0.05) is 0 Å². The average Bonchev–Trinajstić information content (AvgIpc) is 2.83. The molecule has 2 saturated heterocycles. The van der Waals surface area contributed by atoms with Crippen molar-refractivity contribution < 1.29 is 59.8 Å². The maximum atomic E-state index is 10.3. The molecule has 3 aliphatic rings. The average molecular weight is 537 g/mol. The van der Waals surface area contributed by atoms with Gasteiger partial charge >= 0.3 is 0 Å². The van der Waals surface area contributed by atoms with E-state index in [1.807, 2.05) is 12.2 Å². The van der Waals surface area contributed by atoms with Gasteiger partial charge in [-0.15, -0.1) is 0 Å². The summed E-state index contributed by atoms with van der Waals surface area (Å²) in [5, 5.41) is 79.2. The lowest BCUT2D eigenvalue weighted by Gasteiger charge is -2.47. The molecule has 3 fully saturated rings. The lowest BCUT2D eigenvalue weighted by atomic mass is 9.63. The molecule has 0 aromatic carbocycles. The molecule has 12 nitrogen and oxygen atoms in total. The zero-order chi connectivity index (χ0) is 27.7. The first kappa shape index (κ1) is 30.8. The minimum absolute atomic E-state index is 0.114. The van der Waals surface area contributed by atoms with Crippen LogP contribution >= 0.6 is 0 Å². The van der Waals surface area contributed by atoms with Crippen LogP contribution in [0, 0.1) is 17.3 Å². The summed E-state index contributed by atoms with van der Waals surface area (Å²) in [6.45, 7) is 6.95. The van der Waals surface area contributed by atoms with Gasteiger partial charge in [-0.3, -0.25) is 0 Å². The molecule has 0 bridgehead atoms. The van der Waals surface area contributed by atoms with Crippen molar-refractivity contribution >= 4 is 0 Å². The van der Waals surface area contributed by atoms with E-state index in [-0.39, 0.29) is 23.4 Å². The van der Waals surface area contributed by atoms with Crippen molar-refractivity contribution in [2.24, 2.45) is 17.3 Å². The lowest BCUT2D eigenvalue weighted by Crippen LogP contribution is -2.60. The van der Waals surface area contributed by atoms with Gasteiger partial charge in [0.05, 0.1) is 25.4 Å². The smallest absolute Gasteiger partial charge is 0.187 e. The summed E-state index contributed by atoms with van der Waals surface area (Å²) < 4.78 is 22.7. The van der Waals surface area contributed by atoms with E-state index in [9.17, 15) is 40.9 Å². The van der Waals surface area contributed by atoms with Crippen molar-refractivity contribution in [1.82, 2.24) is 0 Å². The highest BCUT2D eigenvalue weighted by molar-refractivity contribution is 5.04. The van der Waals surface area contributed by atoms with Crippen molar-refractivity contribution in [2.75, 3.05) is 13.2 Å². The molecule has 1 unspecified atom stereocenters. The van der Waals surface area contributed by atoms with Crippen LogP contribution in [0.3, 0.4) is 0 Å². The molecule has 14 atom stereocenters. The molecule has 37 heavy (non-hydrogen) atoms. The molecule has 0 radical (unpaired) electrons. The highest BCUT2D eigenvalue weighted by Gasteiger charge is 2.48. The van der Waals surface area contributed by atoms with E-state index in [2.05, 4.69) is 20.8 Å². The summed E-state index contributed by atoms with van der Waals surface area (Å²) in [6, 6.07) is 0. The topological polar surface area (TPSA) is 199 Å². The minimum Gasteiger partial charge on any atom is -0.394 e. The Balaban J connectivity index is 1.59. The van der Waals surface area contributed by atoms with Crippen molar-refractivity contribution in [3.05, 3.63) is 12.2 Å². The van der Waals surface area contributed by atoms with E-state index in [4.69, 9.17) is 18.9 Å². The van der Waals surface area contributed by atoms with Crippen LogP contribution in [0.2, 0.25) is 0 Å². The predicted molar refractivity (Wildman–Crippen MR) is 128 cm³/mol. The van der Waals surface area contributed by atoms with Gasteiger partial charge in [0.25, 0.3) is 0 Å². The van der Waals surface area contributed by atoms with E-state index in [1.54, 1.807) is 6.92 Å². The first-order chi connectivity index (χ1) is 17.3. The number of allylic oxidation sites excluding steroid dienone is 1. The molecule has 2 aliphatic heterocycles. The van der Waals surface area contributed by atoms with Gasteiger partial charge in [-0.05, 0) is 37.0 Å². The second-order valence-corrected chi connectivity index (χ2v) is 11.3. The normalized spacial score (nSPS) is 47.7. The Morgan fingerprint density at radius 3 is 1.86 bits per heavy atom. The molecule has 2 heterocycles. The zero-order valence-corrected chi connectivity index (χ0v) is 21.8. The second-order valence-electron chi connectivity index (χ2n) is 11.3. The minimum atomic E-state index is -1.51. The van der Waals surface area contributed by atoms with E-state index in [0.29, 0.717) is 12.8 Å². The molecule has 0 amide bonds. The fraction of sp³-hybridized carbons (Fsp3) is 0.920. The van der Waals surface area contributed by atoms with E-state index in [1.165, 1.54) is 0 Å². The summed E-state index contributed by atoms with van der Waals surface area (Å²) in [7, 11) is 0. The fourth-order valence-electron chi connectivity index (χ4n) is 5.77. The van der Waals surface area contributed by atoms with Crippen molar-refractivity contribution in [3.63, 3.8) is 0 Å². The van der Waals surface area contributed by atoms with Crippen LogP contribution in [-0.2, 0) is 18.9 Å². The third-order valence-corrected chi connectivity index (χ3v) is 7.87. The third-order valence-electron chi connectivity index (χ3n) is 7.87. The molecule has 216 valence electrons. The van der Waals surface area contributed by atoms with Gasteiger partial charge in [-0.2, -0.15) is 0 Å². The van der Waals surface area contributed by atoms with Crippen LogP contribution in [0.1, 0.15) is 40.5 Å². The van der Waals surface area contributed by atoms with E-state index < -0.39 is 80.7 Å². The largest absolute Gasteiger partial charge is 0.394 e. The first-order valence-corrected chi connectivity index (χ1v) is 12.9. The van der Waals surface area contributed by atoms with Crippen LogP contribution in [-0.4, -0.2) is 128 Å². The van der Waals surface area contributed by atoms with E-state index in [0.717, 1.165) is 0 Å². The molecule has 0 aromatic heterocycles. The summed E-state index contributed by atoms with van der Waals surface area (Å²) in [5.74, 6) is 0.261. The Kier molecular flexibility index (Phi) is 10.5. The highest BCUT2D eigenvalue weighted by Crippen LogP contribution is 2.46. The Bertz CT molecular complexity index is 745. The molecule has 3 rings (SSSR count). The number of rotatable bonds is 8. The van der Waals surface area contributed by atoms with Gasteiger partial charge in [0.15, 0.2) is 12.6 Å². The van der Waals surface area contributed by atoms with Gasteiger partial charge in [0.1, 0.15) is 48.8 Å². The SMILES string of the molecule is CC(/C=C/[C@H]1[C@H](C)C[C@H](O[C@@H]2O[C@H](CO)[C@@H](O)[C@H](O)[C@H]2O)CC1(C)C)O[C@@H]1O[C@H](CO)[C@@H](O)[C@H](O)[C@H]1O. The maximum absolute atomic E-state index is 10.3. The Morgan fingerprint density at radius 2 is 1.35 bits per heavy atom.